The van der Waals surface area contributed by atoms with Crippen LogP contribution in [0.15, 0.2) is 71.2 Å². The fraction of sp³-hybridized carbons (Fsp3) is 0.406. The topological polar surface area (TPSA) is 109 Å². The molecule has 0 bridgehead atoms. The first kappa shape index (κ1) is 29.1. The Morgan fingerprint density at radius 1 is 0.951 bits per heavy atom. The molecule has 0 radical (unpaired) electrons. The monoisotopic (exact) mass is 620 g/mol. The Bertz CT molecular complexity index is 1370. The van der Waals surface area contributed by atoms with E-state index in [4.69, 9.17) is 4.74 Å². The van der Waals surface area contributed by atoms with Crippen LogP contribution in [0.2, 0.25) is 0 Å². The molecule has 0 spiro atoms. The van der Waals surface area contributed by atoms with Crippen LogP contribution in [0.25, 0.3) is 10.8 Å². The van der Waals surface area contributed by atoms with Crippen molar-refractivity contribution < 1.29 is 19.1 Å². The molecule has 2 aliphatic rings. The fourth-order valence-electron chi connectivity index (χ4n) is 5.78. The van der Waals surface area contributed by atoms with Crippen molar-refractivity contribution in [1.29, 1.82) is 0 Å². The number of benzene rings is 3. The summed E-state index contributed by atoms with van der Waals surface area (Å²) in [5.41, 5.74) is -0.186. The minimum Gasteiger partial charge on any atom is -0.410 e. The van der Waals surface area contributed by atoms with E-state index in [1.54, 1.807) is 12.1 Å². The van der Waals surface area contributed by atoms with E-state index in [9.17, 15) is 14.4 Å². The van der Waals surface area contributed by atoms with Crippen LogP contribution in [-0.2, 0) is 16.0 Å². The molecule has 1 heterocycles. The summed E-state index contributed by atoms with van der Waals surface area (Å²) in [4.78, 5) is 40.2. The van der Waals surface area contributed by atoms with Crippen molar-refractivity contribution in [2.24, 2.45) is 5.92 Å². The van der Waals surface area contributed by atoms with Crippen molar-refractivity contribution in [3.8, 4) is 5.75 Å². The standard InChI is InChI=1S/C32H37BrN4O4/c33-26-10-8-25-20-27(11-9-24(25)19-26)41-31(40)37-32(14-4-5-15-32)30(39)36-28(18-22-6-2-1-3-7-22)29(38)35-21-23-12-16-34-17-13-23/h1-3,6-11,19-20,23,28,34H,4-5,12-18,21H2,(H,35,38)(H,36,39)(H,37,40)/t28-/m1/s1. The van der Waals surface area contributed by atoms with Gasteiger partial charge in [-0.25, -0.2) is 4.79 Å². The Morgan fingerprint density at radius 2 is 1.66 bits per heavy atom. The highest BCUT2D eigenvalue weighted by Crippen LogP contribution is 2.31. The predicted molar refractivity (Wildman–Crippen MR) is 163 cm³/mol. The first-order valence-corrected chi connectivity index (χ1v) is 15.2. The molecule has 9 heteroatoms. The van der Waals surface area contributed by atoms with E-state index in [0.29, 0.717) is 37.5 Å². The van der Waals surface area contributed by atoms with Crippen molar-refractivity contribution in [2.45, 2.75) is 56.5 Å². The van der Waals surface area contributed by atoms with Crippen LogP contribution in [0, 0.1) is 5.92 Å². The van der Waals surface area contributed by atoms with Crippen LogP contribution >= 0.6 is 15.9 Å². The highest BCUT2D eigenvalue weighted by molar-refractivity contribution is 9.10. The molecule has 1 saturated carbocycles. The van der Waals surface area contributed by atoms with E-state index in [1.807, 2.05) is 54.6 Å². The molecule has 8 nitrogen and oxygen atoms in total. The Kier molecular flexibility index (Phi) is 9.57. The van der Waals surface area contributed by atoms with Gasteiger partial charge < -0.3 is 26.0 Å². The first-order valence-electron chi connectivity index (χ1n) is 14.4. The van der Waals surface area contributed by atoms with E-state index in [-0.39, 0.29) is 11.8 Å². The molecule has 3 aromatic carbocycles. The van der Waals surface area contributed by atoms with E-state index >= 15 is 0 Å². The van der Waals surface area contributed by atoms with Crippen molar-refractivity contribution in [1.82, 2.24) is 21.3 Å². The molecule has 1 aliphatic heterocycles. The lowest BCUT2D eigenvalue weighted by Crippen LogP contribution is -2.61. The number of halogens is 1. The molecule has 3 amide bonds. The molecule has 41 heavy (non-hydrogen) atoms. The zero-order valence-corrected chi connectivity index (χ0v) is 24.7. The molecule has 0 unspecified atom stereocenters. The molecule has 4 N–H and O–H groups in total. The number of nitrogens with one attached hydrogen (secondary N) is 4. The summed E-state index contributed by atoms with van der Waals surface area (Å²) < 4.78 is 6.59. The maximum Gasteiger partial charge on any atom is 0.413 e. The van der Waals surface area contributed by atoms with Gasteiger partial charge in [-0.2, -0.15) is 0 Å². The third-order valence-corrected chi connectivity index (χ3v) is 8.64. The summed E-state index contributed by atoms with van der Waals surface area (Å²) in [6, 6.07) is 20.2. The van der Waals surface area contributed by atoms with Gasteiger partial charge in [0.2, 0.25) is 11.8 Å². The lowest BCUT2D eigenvalue weighted by atomic mass is 9.95. The molecule has 5 rings (SSSR count). The molecule has 216 valence electrons. The van der Waals surface area contributed by atoms with Crippen LogP contribution in [0.3, 0.4) is 0 Å². The number of hydrogen-bond donors (Lipinski definition) is 4. The highest BCUT2D eigenvalue weighted by Gasteiger charge is 2.44. The maximum atomic E-state index is 13.8. The number of fused-ring (bicyclic) bond motifs is 1. The quantitative estimate of drug-likeness (QED) is 0.274. The Morgan fingerprint density at radius 3 is 2.41 bits per heavy atom. The van der Waals surface area contributed by atoms with E-state index < -0.39 is 17.7 Å². The van der Waals surface area contributed by atoms with Crippen LogP contribution < -0.4 is 26.0 Å². The molecule has 1 atom stereocenters. The zero-order chi connectivity index (χ0) is 28.7. The second-order valence-corrected chi connectivity index (χ2v) is 12.0. The minimum absolute atomic E-state index is 0.209. The number of rotatable bonds is 9. The minimum atomic E-state index is -1.14. The molecular formula is C32H37BrN4O4. The summed E-state index contributed by atoms with van der Waals surface area (Å²) in [5.74, 6) is 0.250. The molecular weight excluding hydrogens is 584 g/mol. The van der Waals surface area contributed by atoms with E-state index in [2.05, 4.69) is 37.2 Å². The predicted octanol–water partition coefficient (Wildman–Crippen LogP) is 4.85. The highest BCUT2D eigenvalue weighted by atomic mass is 79.9. The average Bonchev–Trinajstić information content (AvgIpc) is 3.46. The molecule has 1 saturated heterocycles. The number of carbonyl (C=O) groups excluding carboxylic acids is 3. The number of piperidine rings is 1. The van der Waals surface area contributed by atoms with Gasteiger partial charge in [0.05, 0.1) is 0 Å². The van der Waals surface area contributed by atoms with Crippen LogP contribution in [-0.4, -0.2) is 49.1 Å². The summed E-state index contributed by atoms with van der Waals surface area (Å²) in [7, 11) is 0. The Hall–Kier alpha value is -3.43. The van der Waals surface area contributed by atoms with Gasteiger partial charge in [-0.3, -0.25) is 9.59 Å². The fourth-order valence-corrected chi connectivity index (χ4v) is 6.16. The number of ether oxygens (including phenoxy) is 1. The summed E-state index contributed by atoms with van der Waals surface area (Å²) in [5, 5.41) is 14.2. The van der Waals surface area contributed by atoms with Crippen molar-refractivity contribution in [2.75, 3.05) is 19.6 Å². The van der Waals surface area contributed by atoms with Gasteiger partial charge >= 0.3 is 6.09 Å². The Labute approximate surface area is 249 Å². The van der Waals surface area contributed by atoms with Crippen LogP contribution in [0.1, 0.15) is 44.1 Å². The van der Waals surface area contributed by atoms with Gasteiger partial charge in [-0.1, -0.05) is 71.2 Å². The van der Waals surface area contributed by atoms with Gasteiger partial charge in [-0.05, 0) is 85.3 Å². The summed E-state index contributed by atoms with van der Waals surface area (Å²) >= 11 is 3.47. The number of amides is 3. The van der Waals surface area contributed by atoms with Gasteiger partial charge in [0.15, 0.2) is 0 Å². The van der Waals surface area contributed by atoms with Gasteiger partial charge in [-0.15, -0.1) is 0 Å². The third kappa shape index (κ3) is 7.65. The first-order chi connectivity index (χ1) is 19.9. The lowest BCUT2D eigenvalue weighted by molar-refractivity contribution is -0.132. The van der Waals surface area contributed by atoms with Crippen LogP contribution in [0.5, 0.6) is 5.75 Å². The third-order valence-electron chi connectivity index (χ3n) is 8.15. The number of carbonyl (C=O) groups is 3. The van der Waals surface area contributed by atoms with E-state index in [0.717, 1.165) is 59.6 Å². The van der Waals surface area contributed by atoms with E-state index in [1.165, 1.54) is 0 Å². The molecule has 0 aromatic heterocycles. The zero-order valence-electron chi connectivity index (χ0n) is 23.1. The largest absolute Gasteiger partial charge is 0.413 e. The van der Waals surface area contributed by atoms with Crippen molar-refractivity contribution in [3.05, 3.63) is 76.8 Å². The van der Waals surface area contributed by atoms with Gasteiger partial charge in [0.25, 0.3) is 0 Å². The average molecular weight is 622 g/mol. The second kappa shape index (κ2) is 13.5. The smallest absolute Gasteiger partial charge is 0.410 e. The molecule has 2 fully saturated rings. The summed E-state index contributed by atoms with van der Waals surface area (Å²) in [6.07, 6.45) is 4.25. The van der Waals surface area contributed by atoms with Gasteiger partial charge in [0, 0.05) is 17.4 Å². The van der Waals surface area contributed by atoms with Crippen molar-refractivity contribution in [3.63, 3.8) is 0 Å². The maximum absolute atomic E-state index is 13.8. The second-order valence-electron chi connectivity index (χ2n) is 11.1. The number of hydrogen-bond acceptors (Lipinski definition) is 5. The molecule has 3 aromatic rings. The Balaban J connectivity index is 1.27. The van der Waals surface area contributed by atoms with Gasteiger partial charge in [0.1, 0.15) is 17.3 Å². The molecule has 1 aliphatic carbocycles. The van der Waals surface area contributed by atoms with Crippen LogP contribution in [0.4, 0.5) is 4.79 Å². The van der Waals surface area contributed by atoms with Crippen molar-refractivity contribution >= 4 is 44.6 Å². The normalized spacial score (nSPS) is 17.5. The SMILES string of the molecule is O=C(NC1(C(=O)N[C@H](Cc2ccccc2)C(=O)NCC2CCNCC2)CCCC1)Oc1ccc2cc(Br)ccc2c1. The lowest BCUT2D eigenvalue weighted by Gasteiger charge is -2.31. The summed E-state index contributed by atoms with van der Waals surface area (Å²) in [6.45, 7) is 2.48.